The van der Waals surface area contributed by atoms with Crippen LogP contribution in [0.25, 0.3) is 0 Å². The van der Waals surface area contributed by atoms with Gasteiger partial charge in [0.05, 0.1) is 23.1 Å². The molecule has 2 N–H and O–H groups in total. The minimum absolute atomic E-state index is 0.0679. The van der Waals surface area contributed by atoms with Crippen LogP contribution in [-0.2, 0) is 19.6 Å². The summed E-state index contributed by atoms with van der Waals surface area (Å²) >= 11 is 5.95. The number of Topliss-reactive ketones (excluding diaryl/α,β-unsaturated/α-hetero) is 1. The van der Waals surface area contributed by atoms with Crippen LogP contribution >= 0.6 is 11.6 Å². The third-order valence-electron chi connectivity index (χ3n) is 2.46. The zero-order valence-corrected chi connectivity index (χ0v) is 10.6. The Morgan fingerprint density at radius 1 is 1.56 bits per heavy atom. The first-order valence-electron chi connectivity index (χ1n) is 5.49. The van der Waals surface area contributed by atoms with Gasteiger partial charge in [0.1, 0.15) is 12.2 Å². The summed E-state index contributed by atoms with van der Waals surface area (Å²) in [6.07, 6.45) is 3.10. The number of ketones is 1. The fourth-order valence-electron chi connectivity index (χ4n) is 1.61. The summed E-state index contributed by atoms with van der Waals surface area (Å²) < 4.78 is 3.00. The Labute approximate surface area is 109 Å². The van der Waals surface area contributed by atoms with Gasteiger partial charge in [0.2, 0.25) is 5.78 Å². The number of rotatable bonds is 5. The van der Waals surface area contributed by atoms with Gasteiger partial charge in [-0.2, -0.15) is 5.10 Å². The zero-order valence-electron chi connectivity index (χ0n) is 9.88. The van der Waals surface area contributed by atoms with Crippen LogP contribution in [-0.4, -0.2) is 30.6 Å². The lowest BCUT2D eigenvalue weighted by atomic mass is 10.3. The van der Waals surface area contributed by atoms with Gasteiger partial charge < -0.3 is 5.73 Å². The van der Waals surface area contributed by atoms with E-state index < -0.39 is 0 Å². The van der Waals surface area contributed by atoms with Crippen molar-refractivity contribution in [1.82, 2.24) is 24.8 Å². The summed E-state index contributed by atoms with van der Waals surface area (Å²) in [6, 6.07) is 0. The van der Waals surface area contributed by atoms with E-state index in [2.05, 4.69) is 15.4 Å². The second kappa shape index (κ2) is 5.28. The number of halogens is 1. The van der Waals surface area contributed by atoms with Gasteiger partial charge in [-0.15, -0.1) is 5.10 Å². The Morgan fingerprint density at radius 3 is 2.94 bits per heavy atom. The molecule has 2 aromatic rings. The average molecular weight is 269 g/mol. The van der Waals surface area contributed by atoms with Gasteiger partial charge in [-0.25, -0.2) is 4.68 Å². The van der Waals surface area contributed by atoms with Crippen LogP contribution in [0.1, 0.15) is 23.1 Å². The molecule has 0 saturated carbocycles. The number of carbonyl (C=O) groups is 1. The molecule has 7 nitrogen and oxygen atoms in total. The summed E-state index contributed by atoms with van der Waals surface area (Å²) in [7, 11) is 0. The molecule has 0 bridgehead atoms. The molecule has 2 aromatic heterocycles. The van der Waals surface area contributed by atoms with Crippen molar-refractivity contribution in [3.8, 4) is 0 Å². The smallest absolute Gasteiger partial charge is 0.203 e. The molecule has 0 radical (unpaired) electrons. The highest BCUT2D eigenvalue weighted by Crippen LogP contribution is 2.16. The van der Waals surface area contributed by atoms with E-state index in [-0.39, 0.29) is 12.3 Å². The quantitative estimate of drug-likeness (QED) is 0.797. The summed E-state index contributed by atoms with van der Waals surface area (Å²) in [5.74, 6) is -0.159. The number of hydrogen-bond donors (Lipinski definition) is 1. The molecule has 0 fully saturated rings. The zero-order chi connectivity index (χ0) is 13.1. The first-order chi connectivity index (χ1) is 8.65. The van der Waals surface area contributed by atoms with Gasteiger partial charge in [0, 0.05) is 13.1 Å². The van der Waals surface area contributed by atoms with E-state index in [0.717, 1.165) is 0 Å². The molecule has 0 spiro atoms. The monoisotopic (exact) mass is 268 g/mol. The Morgan fingerprint density at radius 2 is 2.33 bits per heavy atom. The van der Waals surface area contributed by atoms with E-state index in [1.54, 1.807) is 10.9 Å². The predicted octanol–water partition coefficient (Wildman–Crippen LogP) is 0.489. The first-order valence-corrected chi connectivity index (χ1v) is 5.87. The van der Waals surface area contributed by atoms with Crippen LogP contribution in [0.5, 0.6) is 0 Å². The van der Waals surface area contributed by atoms with Gasteiger partial charge in [-0.1, -0.05) is 16.8 Å². The highest BCUT2D eigenvalue weighted by atomic mass is 35.5. The first kappa shape index (κ1) is 12.7. The molecule has 18 heavy (non-hydrogen) atoms. The van der Waals surface area contributed by atoms with Crippen molar-refractivity contribution in [3.63, 3.8) is 0 Å². The predicted molar refractivity (Wildman–Crippen MR) is 65.2 cm³/mol. The van der Waals surface area contributed by atoms with Gasteiger partial charge in [-0.05, 0) is 6.92 Å². The van der Waals surface area contributed by atoms with Gasteiger partial charge in [0.25, 0.3) is 0 Å². The lowest BCUT2D eigenvalue weighted by Crippen LogP contribution is -2.16. The maximum Gasteiger partial charge on any atom is 0.203 e. The molecule has 0 amide bonds. The Kier molecular flexibility index (Phi) is 3.73. The lowest BCUT2D eigenvalue weighted by Gasteiger charge is -2.04. The molecular weight excluding hydrogens is 256 g/mol. The lowest BCUT2D eigenvalue weighted by molar-refractivity contribution is 0.0956. The van der Waals surface area contributed by atoms with Crippen LogP contribution < -0.4 is 5.73 Å². The topological polar surface area (TPSA) is 91.6 Å². The highest BCUT2D eigenvalue weighted by Gasteiger charge is 2.17. The van der Waals surface area contributed by atoms with Crippen molar-refractivity contribution in [2.24, 2.45) is 5.73 Å². The molecule has 8 heteroatoms. The third kappa shape index (κ3) is 2.41. The van der Waals surface area contributed by atoms with Crippen molar-refractivity contribution >= 4 is 17.4 Å². The Bertz CT molecular complexity index is 560. The number of hydrogen-bond acceptors (Lipinski definition) is 5. The number of aromatic nitrogens is 5. The SMILES string of the molecule is CCn1ncc(Cl)c1C(=O)Cn1cc(CN)nn1. The van der Waals surface area contributed by atoms with Crippen LogP contribution in [0.3, 0.4) is 0 Å². The molecule has 0 unspecified atom stereocenters. The van der Waals surface area contributed by atoms with Gasteiger partial charge in [-0.3, -0.25) is 9.48 Å². The molecule has 2 rings (SSSR count). The summed E-state index contributed by atoms with van der Waals surface area (Å²) in [4.78, 5) is 12.1. The third-order valence-corrected chi connectivity index (χ3v) is 2.74. The number of aryl methyl sites for hydroxylation is 1. The standard InChI is InChI=1S/C10H13ClN6O/c1-2-17-10(8(11)4-13-17)9(18)6-16-5-7(3-12)14-15-16/h4-5H,2-3,6,12H2,1H3. The molecule has 0 aliphatic heterocycles. The van der Waals surface area contributed by atoms with Crippen LogP contribution in [0.15, 0.2) is 12.4 Å². The molecule has 0 saturated heterocycles. The van der Waals surface area contributed by atoms with E-state index in [4.69, 9.17) is 17.3 Å². The molecule has 0 atom stereocenters. The molecule has 0 aromatic carbocycles. The van der Waals surface area contributed by atoms with E-state index in [1.807, 2.05) is 6.92 Å². The molecule has 2 heterocycles. The second-order valence-corrected chi connectivity index (χ2v) is 4.10. The van der Waals surface area contributed by atoms with Gasteiger partial charge in [0.15, 0.2) is 0 Å². The molecule has 0 aliphatic carbocycles. The van der Waals surface area contributed by atoms with E-state index in [0.29, 0.717) is 29.5 Å². The number of nitrogens with zero attached hydrogens (tertiary/aromatic N) is 5. The normalized spacial score (nSPS) is 10.8. The summed E-state index contributed by atoms with van der Waals surface area (Å²) in [5, 5.41) is 12.0. The highest BCUT2D eigenvalue weighted by molar-refractivity contribution is 6.33. The summed E-state index contributed by atoms with van der Waals surface area (Å²) in [6.45, 7) is 2.83. The molecule has 96 valence electrons. The number of nitrogens with two attached hydrogens (primary N) is 1. The minimum atomic E-state index is -0.159. The van der Waals surface area contributed by atoms with Crippen molar-refractivity contribution in [2.75, 3.05) is 0 Å². The number of carbonyl (C=O) groups excluding carboxylic acids is 1. The fraction of sp³-hybridized carbons (Fsp3) is 0.400. The largest absolute Gasteiger partial charge is 0.325 e. The van der Waals surface area contributed by atoms with Crippen LogP contribution in [0.4, 0.5) is 0 Å². The molecule has 0 aliphatic rings. The van der Waals surface area contributed by atoms with E-state index in [9.17, 15) is 4.79 Å². The maximum absolute atomic E-state index is 12.1. The Hall–Kier alpha value is -1.73. The Balaban J connectivity index is 2.18. The van der Waals surface area contributed by atoms with Crippen molar-refractivity contribution in [1.29, 1.82) is 0 Å². The van der Waals surface area contributed by atoms with E-state index >= 15 is 0 Å². The molecular formula is C10H13ClN6O. The van der Waals surface area contributed by atoms with Crippen molar-refractivity contribution < 1.29 is 4.79 Å². The van der Waals surface area contributed by atoms with Gasteiger partial charge >= 0.3 is 0 Å². The fourth-order valence-corrected chi connectivity index (χ4v) is 1.86. The van der Waals surface area contributed by atoms with Crippen LogP contribution in [0, 0.1) is 0 Å². The minimum Gasteiger partial charge on any atom is -0.325 e. The maximum atomic E-state index is 12.1. The van der Waals surface area contributed by atoms with E-state index in [1.165, 1.54) is 10.9 Å². The van der Waals surface area contributed by atoms with Crippen molar-refractivity contribution in [3.05, 3.63) is 28.8 Å². The summed E-state index contributed by atoms with van der Waals surface area (Å²) in [5.41, 5.74) is 6.45. The second-order valence-electron chi connectivity index (χ2n) is 3.69. The van der Waals surface area contributed by atoms with Crippen molar-refractivity contribution in [2.45, 2.75) is 26.6 Å². The van der Waals surface area contributed by atoms with Crippen LogP contribution in [0.2, 0.25) is 5.02 Å². The average Bonchev–Trinajstić information content (AvgIpc) is 2.95.